The molecule has 0 radical (unpaired) electrons. The zero-order chi connectivity index (χ0) is 16.1. The average molecular weight is 309 g/mol. The summed E-state index contributed by atoms with van der Waals surface area (Å²) < 4.78 is 7.55. The van der Waals surface area contributed by atoms with E-state index in [0.29, 0.717) is 12.3 Å². The highest BCUT2D eigenvalue weighted by Crippen LogP contribution is 2.29. The molecule has 1 heterocycles. The zero-order valence-electron chi connectivity index (χ0n) is 13.0. The van der Waals surface area contributed by atoms with E-state index in [1.165, 1.54) is 0 Å². The normalized spacial score (nSPS) is 10.7. The highest BCUT2D eigenvalue weighted by atomic mass is 16.5. The van der Waals surface area contributed by atoms with Gasteiger partial charge >= 0.3 is 0 Å². The van der Waals surface area contributed by atoms with Crippen LogP contribution in [-0.2, 0) is 6.61 Å². The first kappa shape index (κ1) is 15.2. The van der Waals surface area contributed by atoms with Gasteiger partial charge in [0.1, 0.15) is 22.8 Å². The van der Waals surface area contributed by atoms with Gasteiger partial charge in [-0.1, -0.05) is 54.6 Å². The molecule has 0 spiro atoms. The van der Waals surface area contributed by atoms with Crippen LogP contribution in [0.5, 0.6) is 5.75 Å². The van der Waals surface area contributed by atoms with Gasteiger partial charge in [-0.05, 0) is 18.6 Å². The molecule has 3 rings (SSSR count). The van der Waals surface area contributed by atoms with Gasteiger partial charge in [0.05, 0.1) is 13.2 Å². The Balaban J connectivity index is 2.13. The van der Waals surface area contributed by atoms with Gasteiger partial charge in [-0.25, -0.2) is 4.68 Å². The first-order valence-corrected chi connectivity index (χ1v) is 7.68. The molecule has 0 aliphatic rings. The Bertz CT molecular complexity index is 769. The van der Waals surface area contributed by atoms with Crippen molar-refractivity contribution in [2.24, 2.45) is 0 Å². The topological polar surface area (TPSA) is 60.2 Å². The van der Waals surface area contributed by atoms with Gasteiger partial charge < -0.3 is 9.84 Å². The summed E-state index contributed by atoms with van der Waals surface area (Å²) in [4.78, 5) is 0. The van der Waals surface area contributed by atoms with Gasteiger partial charge in [-0.2, -0.15) is 0 Å². The quantitative estimate of drug-likeness (QED) is 0.759. The van der Waals surface area contributed by atoms with E-state index in [1.54, 1.807) is 4.68 Å². The number of benzene rings is 2. The molecule has 5 heteroatoms. The number of rotatable bonds is 6. The summed E-state index contributed by atoms with van der Waals surface area (Å²) in [6.45, 7) is 2.54. The average Bonchev–Trinajstić information content (AvgIpc) is 3.04. The summed E-state index contributed by atoms with van der Waals surface area (Å²) in [5.74, 6) is 0.751. The van der Waals surface area contributed by atoms with E-state index in [1.807, 2.05) is 54.6 Å². The standard InChI is InChI=1S/C18H19N3O2/c1-2-12-23-17-11-7-6-10-16(17)21-18(15(13-22)19-20-21)14-8-4-3-5-9-14/h3-11,22H,2,12-13H2,1H3. The summed E-state index contributed by atoms with van der Waals surface area (Å²) in [5, 5.41) is 17.9. The molecule has 118 valence electrons. The molecule has 0 atom stereocenters. The molecule has 0 aliphatic carbocycles. The van der Waals surface area contributed by atoms with E-state index >= 15 is 0 Å². The highest BCUT2D eigenvalue weighted by molar-refractivity contribution is 5.65. The molecular formula is C18H19N3O2. The summed E-state index contributed by atoms with van der Waals surface area (Å²) in [5.41, 5.74) is 3.08. The lowest BCUT2D eigenvalue weighted by Gasteiger charge is -2.13. The van der Waals surface area contributed by atoms with Crippen LogP contribution in [0.2, 0.25) is 0 Å². The first-order valence-electron chi connectivity index (χ1n) is 7.68. The van der Waals surface area contributed by atoms with E-state index in [-0.39, 0.29) is 6.61 Å². The Morgan fingerprint density at radius 3 is 2.52 bits per heavy atom. The van der Waals surface area contributed by atoms with E-state index in [4.69, 9.17) is 4.74 Å². The van der Waals surface area contributed by atoms with Crippen molar-refractivity contribution in [2.75, 3.05) is 6.61 Å². The molecule has 0 fully saturated rings. The number of aliphatic hydroxyl groups is 1. The van der Waals surface area contributed by atoms with Gasteiger partial charge in [0.15, 0.2) is 0 Å². The minimum absolute atomic E-state index is 0.164. The second-order valence-corrected chi connectivity index (χ2v) is 5.14. The summed E-state index contributed by atoms with van der Waals surface area (Å²) in [6, 6.07) is 17.5. The van der Waals surface area contributed by atoms with Crippen LogP contribution in [0.3, 0.4) is 0 Å². The largest absolute Gasteiger partial charge is 0.491 e. The molecule has 0 bridgehead atoms. The third-order valence-electron chi connectivity index (χ3n) is 3.49. The van der Waals surface area contributed by atoms with Crippen molar-refractivity contribution < 1.29 is 9.84 Å². The molecule has 5 nitrogen and oxygen atoms in total. The number of aromatic nitrogens is 3. The SMILES string of the molecule is CCCOc1ccccc1-n1nnc(CO)c1-c1ccccc1. The van der Waals surface area contributed by atoms with Crippen molar-refractivity contribution in [3.63, 3.8) is 0 Å². The molecule has 0 saturated heterocycles. The second-order valence-electron chi connectivity index (χ2n) is 5.14. The molecular weight excluding hydrogens is 290 g/mol. The lowest BCUT2D eigenvalue weighted by atomic mass is 10.1. The Labute approximate surface area is 135 Å². The van der Waals surface area contributed by atoms with Gasteiger partial charge in [-0.3, -0.25) is 0 Å². The zero-order valence-corrected chi connectivity index (χ0v) is 13.0. The van der Waals surface area contributed by atoms with E-state index in [2.05, 4.69) is 17.2 Å². The summed E-state index contributed by atoms with van der Waals surface area (Å²) in [7, 11) is 0. The van der Waals surface area contributed by atoms with Gasteiger partial charge in [0, 0.05) is 5.56 Å². The number of hydrogen-bond donors (Lipinski definition) is 1. The van der Waals surface area contributed by atoms with Crippen LogP contribution in [0.15, 0.2) is 54.6 Å². The Kier molecular flexibility index (Phi) is 4.68. The number of ether oxygens (including phenoxy) is 1. The van der Waals surface area contributed by atoms with Gasteiger partial charge in [-0.15, -0.1) is 5.10 Å². The van der Waals surface area contributed by atoms with E-state index in [0.717, 1.165) is 29.1 Å². The number of aliphatic hydroxyl groups excluding tert-OH is 1. The van der Waals surface area contributed by atoms with E-state index in [9.17, 15) is 5.11 Å². The van der Waals surface area contributed by atoms with Crippen molar-refractivity contribution in [3.8, 4) is 22.7 Å². The maximum atomic E-state index is 9.60. The predicted molar refractivity (Wildman–Crippen MR) is 88.5 cm³/mol. The van der Waals surface area contributed by atoms with Crippen molar-refractivity contribution >= 4 is 0 Å². The van der Waals surface area contributed by atoms with Crippen molar-refractivity contribution in [2.45, 2.75) is 20.0 Å². The van der Waals surface area contributed by atoms with E-state index < -0.39 is 0 Å². The van der Waals surface area contributed by atoms with Crippen LogP contribution in [0.25, 0.3) is 16.9 Å². The summed E-state index contributed by atoms with van der Waals surface area (Å²) >= 11 is 0. The molecule has 1 aromatic heterocycles. The maximum Gasteiger partial charge on any atom is 0.145 e. The Hall–Kier alpha value is -2.66. The molecule has 3 aromatic rings. The van der Waals surface area contributed by atoms with Crippen LogP contribution in [0.1, 0.15) is 19.0 Å². The molecule has 1 N–H and O–H groups in total. The van der Waals surface area contributed by atoms with Crippen molar-refractivity contribution in [3.05, 3.63) is 60.3 Å². The monoisotopic (exact) mass is 309 g/mol. The van der Waals surface area contributed by atoms with Crippen LogP contribution in [0.4, 0.5) is 0 Å². The minimum Gasteiger partial charge on any atom is -0.491 e. The molecule has 0 amide bonds. The van der Waals surface area contributed by atoms with Crippen molar-refractivity contribution in [1.29, 1.82) is 0 Å². The highest BCUT2D eigenvalue weighted by Gasteiger charge is 2.17. The smallest absolute Gasteiger partial charge is 0.145 e. The van der Waals surface area contributed by atoms with Crippen molar-refractivity contribution in [1.82, 2.24) is 15.0 Å². The third kappa shape index (κ3) is 3.10. The number of para-hydroxylation sites is 2. The molecule has 0 saturated carbocycles. The van der Waals surface area contributed by atoms with Crippen LogP contribution >= 0.6 is 0 Å². The second kappa shape index (κ2) is 7.07. The van der Waals surface area contributed by atoms with Crippen LogP contribution in [-0.4, -0.2) is 26.7 Å². The lowest BCUT2D eigenvalue weighted by molar-refractivity contribution is 0.277. The third-order valence-corrected chi connectivity index (χ3v) is 3.49. The molecule has 0 unspecified atom stereocenters. The van der Waals surface area contributed by atoms with Gasteiger partial charge in [0.2, 0.25) is 0 Å². The minimum atomic E-state index is -0.164. The predicted octanol–water partition coefficient (Wildman–Crippen LogP) is 3.22. The molecule has 0 aliphatic heterocycles. The van der Waals surface area contributed by atoms with Crippen LogP contribution in [0, 0.1) is 0 Å². The fourth-order valence-electron chi connectivity index (χ4n) is 2.44. The fourth-order valence-corrected chi connectivity index (χ4v) is 2.44. The first-order chi connectivity index (χ1) is 11.3. The van der Waals surface area contributed by atoms with Gasteiger partial charge in [0.25, 0.3) is 0 Å². The molecule has 23 heavy (non-hydrogen) atoms. The fraction of sp³-hybridized carbons (Fsp3) is 0.222. The number of hydrogen-bond acceptors (Lipinski definition) is 4. The maximum absolute atomic E-state index is 9.60. The number of nitrogens with zero attached hydrogens (tertiary/aromatic N) is 3. The Morgan fingerprint density at radius 1 is 1.04 bits per heavy atom. The summed E-state index contributed by atoms with van der Waals surface area (Å²) in [6.07, 6.45) is 0.930. The Morgan fingerprint density at radius 2 is 1.78 bits per heavy atom. The van der Waals surface area contributed by atoms with Crippen LogP contribution < -0.4 is 4.74 Å². The molecule has 2 aromatic carbocycles. The lowest BCUT2D eigenvalue weighted by Crippen LogP contribution is -2.05.